The molecule has 10 heteroatoms. The Morgan fingerprint density at radius 3 is 2.73 bits per heavy atom. The number of nitrogens with zero attached hydrogens (tertiary/aromatic N) is 4. The summed E-state index contributed by atoms with van der Waals surface area (Å²) < 4.78 is 17.1. The molecule has 0 bridgehead atoms. The predicted octanol–water partition coefficient (Wildman–Crippen LogP) is 4.06. The van der Waals surface area contributed by atoms with E-state index in [9.17, 15) is 4.79 Å². The first-order chi connectivity index (χ1) is 15.7. The number of hydrogen-bond donors (Lipinski definition) is 3. The molecule has 8 nitrogen and oxygen atoms in total. The Balaban J connectivity index is 1.46. The van der Waals surface area contributed by atoms with Crippen molar-refractivity contribution in [1.82, 2.24) is 19.7 Å². The van der Waals surface area contributed by atoms with Crippen molar-refractivity contribution in [3.63, 3.8) is 0 Å². The van der Waals surface area contributed by atoms with E-state index in [1.807, 2.05) is 16.9 Å². The zero-order valence-electron chi connectivity index (χ0n) is 18.6. The van der Waals surface area contributed by atoms with Crippen molar-refractivity contribution in [2.24, 2.45) is 5.92 Å². The third-order valence-electron chi connectivity index (χ3n) is 6.03. The van der Waals surface area contributed by atoms with E-state index in [0.717, 1.165) is 25.8 Å². The molecular formula is C23H27ClFN7O. The van der Waals surface area contributed by atoms with Crippen LogP contribution in [0.3, 0.4) is 0 Å². The van der Waals surface area contributed by atoms with Gasteiger partial charge in [0.15, 0.2) is 0 Å². The van der Waals surface area contributed by atoms with Crippen LogP contribution in [0.1, 0.15) is 35.7 Å². The molecule has 2 aromatic heterocycles. The van der Waals surface area contributed by atoms with Crippen molar-refractivity contribution in [2.75, 3.05) is 37.4 Å². The Hall–Kier alpha value is -3.33. The van der Waals surface area contributed by atoms with Crippen LogP contribution >= 0.6 is 11.6 Å². The highest BCUT2D eigenvalue weighted by Gasteiger charge is 2.27. The third-order valence-corrected chi connectivity index (χ3v) is 6.34. The molecule has 2 atom stereocenters. The van der Waals surface area contributed by atoms with Crippen LogP contribution in [0, 0.1) is 11.7 Å². The van der Waals surface area contributed by atoms with E-state index >= 15 is 4.39 Å². The lowest BCUT2D eigenvalue weighted by molar-refractivity contribution is 0.0824. The smallest absolute Gasteiger partial charge is 0.258 e. The van der Waals surface area contributed by atoms with Crippen LogP contribution < -0.4 is 16.8 Å². The maximum Gasteiger partial charge on any atom is 0.258 e. The molecule has 1 fully saturated rings. The van der Waals surface area contributed by atoms with Gasteiger partial charge in [0.05, 0.1) is 16.6 Å². The molecule has 1 aromatic carbocycles. The van der Waals surface area contributed by atoms with Crippen LogP contribution in [-0.4, -0.2) is 46.2 Å². The molecular weight excluding hydrogens is 445 g/mol. The number of benzene rings is 1. The first-order valence-electron chi connectivity index (χ1n) is 10.7. The van der Waals surface area contributed by atoms with E-state index in [-0.39, 0.29) is 16.8 Å². The second-order valence-electron chi connectivity index (χ2n) is 8.57. The number of aromatic nitrogens is 3. The minimum absolute atomic E-state index is 0.0741. The highest BCUT2D eigenvalue weighted by atomic mass is 35.5. The summed E-state index contributed by atoms with van der Waals surface area (Å²) in [6.45, 7) is 0.744. The van der Waals surface area contributed by atoms with Gasteiger partial charge in [-0.05, 0) is 49.4 Å². The summed E-state index contributed by atoms with van der Waals surface area (Å²) in [5.41, 5.74) is 12.1. The van der Waals surface area contributed by atoms with Gasteiger partial charge in [0, 0.05) is 49.8 Å². The van der Waals surface area contributed by atoms with Gasteiger partial charge < -0.3 is 21.7 Å². The molecule has 0 radical (unpaired) electrons. The number of nitrogens with one attached hydrogen (secondary N) is 1. The fraction of sp³-hybridized carbons (Fsp3) is 0.348. The monoisotopic (exact) mass is 471 g/mol. The molecule has 1 aliphatic rings. The number of amides is 1. The molecule has 3 aromatic rings. The molecule has 1 amide bonds. The van der Waals surface area contributed by atoms with Gasteiger partial charge in [0.1, 0.15) is 17.5 Å². The van der Waals surface area contributed by atoms with E-state index in [0.29, 0.717) is 34.2 Å². The zero-order valence-corrected chi connectivity index (χ0v) is 19.3. The van der Waals surface area contributed by atoms with Crippen molar-refractivity contribution in [3.05, 3.63) is 53.1 Å². The van der Waals surface area contributed by atoms with E-state index in [2.05, 4.69) is 15.4 Å². The number of nitrogens with two attached hydrogens (primary N) is 2. The molecule has 1 aliphatic carbocycles. The summed E-state index contributed by atoms with van der Waals surface area (Å²) in [7, 11) is 3.08. The second-order valence-corrected chi connectivity index (χ2v) is 8.98. The lowest BCUT2D eigenvalue weighted by Crippen LogP contribution is -2.24. The highest BCUT2D eigenvalue weighted by Crippen LogP contribution is 2.36. The minimum Gasteiger partial charge on any atom is -0.398 e. The normalized spacial score (nSPS) is 17.8. The average molecular weight is 472 g/mol. The van der Waals surface area contributed by atoms with Crippen LogP contribution in [0.15, 0.2) is 36.7 Å². The lowest BCUT2D eigenvalue weighted by Gasteiger charge is -2.16. The quantitative estimate of drug-likeness (QED) is 0.467. The van der Waals surface area contributed by atoms with Crippen molar-refractivity contribution in [3.8, 4) is 11.1 Å². The fourth-order valence-electron chi connectivity index (χ4n) is 4.24. The summed E-state index contributed by atoms with van der Waals surface area (Å²) in [5, 5.41) is 7.97. The number of carbonyl (C=O) groups excluding carboxylic acids is 1. The molecule has 0 aliphatic heterocycles. The third kappa shape index (κ3) is 4.73. The van der Waals surface area contributed by atoms with Crippen LogP contribution in [-0.2, 0) is 0 Å². The topological polar surface area (TPSA) is 115 Å². The minimum atomic E-state index is -0.714. The van der Waals surface area contributed by atoms with Gasteiger partial charge in [0.2, 0.25) is 0 Å². The number of carbonyl (C=O) groups is 1. The fourth-order valence-corrected chi connectivity index (χ4v) is 4.50. The summed E-state index contributed by atoms with van der Waals surface area (Å²) in [4.78, 5) is 18.1. The molecule has 0 spiro atoms. The van der Waals surface area contributed by atoms with Crippen molar-refractivity contribution < 1.29 is 9.18 Å². The van der Waals surface area contributed by atoms with Gasteiger partial charge in [-0.2, -0.15) is 5.10 Å². The Morgan fingerprint density at radius 1 is 1.27 bits per heavy atom. The van der Waals surface area contributed by atoms with Crippen LogP contribution in [0.4, 0.5) is 21.7 Å². The van der Waals surface area contributed by atoms with E-state index in [4.69, 9.17) is 23.1 Å². The highest BCUT2D eigenvalue weighted by molar-refractivity contribution is 6.33. The zero-order chi connectivity index (χ0) is 23.7. The molecule has 2 unspecified atom stereocenters. The van der Waals surface area contributed by atoms with Crippen LogP contribution in [0.25, 0.3) is 11.1 Å². The molecule has 174 valence electrons. The maximum absolute atomic E-state index is 15.2. The first-order valence-corrected chi connectivity index (χ1v) is 11.1. The molecule has 2 heterocycles. The van der Waals surface area contributed by atoms with Gasteiger partial charge in [-0.1, -0.05) is 11.6 Å². The second kappa shape index (κ2) is 9.27. The number of pyridine rings is 1. The SMILES string of the molecule is CN(C)C(=O)c1c(N)ccc(-c2cnc(NCC3CCC(n4ccc(N)n4)C3)cc2Cl)c1F. The van der Waals surface area contributed by atoms with Crippen molar-refractivity contribution in [2.45, 2.75) is 25.3 Å². The number of nitrogen functional groups attached to an aromatic ring is 2. The summed E-state index contributed by atoms with van der Waals surface area (Å²) in [5.74, 6) is 0.383. The standard InChI is InChI=1S/C23H27ClFN7O/c1-31(2)23(33)21-18(26)6-5-15(22(21)25)16-12-29-20(10-17(16)24)28-11-13-3-4-14(9-13)32-8-7-19(27)30-32/h5-8,10,12-14H,3-4,9,11,26H2,1-2H3,(H2,27,30)(H,28,29). The molecule has 33 heavy (non-hydrogen) atoms. The number of hydrogen-bond acceptors (Lipinski definition) is 6. The molecule has 4 rings (SSSR count). The summed E-state index contributed by atoms with van der Waals surface area (Å²) in [6.07, 6.45) is 6.55. The van der Waals surface area contributed by atoms with Crippen LogP contribution in [0.2, 0.25) is 5.02 Å². The van der Waals surface area contributed by atoms with Crippen molar-refractivity contribution >= 4 is 34.8 Å². The first kappa shape index (κ1) is 22.8. The van der Waals surface area contributed by atoms with Gasteiger partial charge in [-0.25, -0.2) is 9.37 Å². The van der Waals surface area contributed by atoms with E-state index in [1.54, 1.807) is 20.2 Å². The Morgan fingerprint density at radius 2 is 2.06 bits per heavy atom. The van der Waals surface area contributed by atoms with Crippen molar-refractivity contribution in [1.29, 1.82) is 0 Å². The van der Waals surface area contributed by atoms with E-state index < -0.39 is 11.7 Å². The Kier molecular flexibility index (Phi) is 6.42. The molecule has 0 saturated heterocycles. The Labute approximate surface area is 196 Å². The van der Waals surface area contributed by atoms with Gasteiger partial charge in [-0.3, -0.25) is 9.48 Å². The average Bonchev–Trinajstić information content (AvgIpc) is 3.42. The summed E-state index contributed by atoms with van der Waals surface area (Å²) in [6, 6.07) is 6.83. The lowest BCUT2D eigenvalue weighted by atomic mass is 10.0. The van der Waals surface area contributed by atoms with E-state index in [1.165, 1.54) is 23.2 Å². The number of anilines is 3. The number of halogens is 2. The van der Waals surface area contributed by atoms with Crippen LogP contribution in [0.5, 0.6) is 0 Å². The number of rotatable bonds is 6. The maximum atomic E-state index is 15.2. The van der Waals surface area contributed by atoms with Gasteiger partial charge in [0.25, 0.3) is 5.91 Å². The largest absolute Gasteiger partial charge is 0.398 e. The molecule has 5 N–H and O–H groups in total. The van der Waals surface area contributed by atoms with Gasteiger partial charge in [-0.15, -0.1) is 0 Å². The predicted molar refractivity (Wildman–Crippen MR) is 129 cm³/mol. The van der Waals surface area contributed by atoms with Gasteiger partial charge >= 0.3 is 0 Å². The Bertz CT molecular complexity index is 1180. The summed E-state index contributed by atoms with van der Waals surface area (Å²) >= 11 is 6.47. The molecule has 1 saturated carbocycles.